The number of hydrazine groups is 1. The quantitative estimate of drug-likeness (QED) is 0.557. The van der Waals surface area contributed by atoms with Gasteiger partial charge in [0.25, 0.3) is 11.8 Å². The number of benzene rings is 1. The normalized spacial score (nSPS) is 14.1. The average molecular weight is 433 g/mol. The fraction of sp³-hybridized carbons (Fsp3) is 0.400. The van der Waals surface area contributed by atoms with Crippen LogP contribution in [-0.2, 0) is 9.59 Å². The molecule has 9 heteroatoms. The maximum atomic E-state index is 12.5. The number of rotatable bonds is 8. The molecule has 3 N–H and O–H groups in total. The first kappa shape index (κ1) is 21.3. The summed E-state index contributed by atoms with van der Waals surface area (Å²) in [6.07, 6.45) is 4.18. The van der Waals surface area contributed by atoms with E-state index in [1.165, 1.54) is 11.3 Å². The van der Waals surface area contributed by atoms with Gasteiger partial charge in [-0.2, -0.15) is 11.8 Å². The van der Waals surface area contributed by atoms with Crippen LogP contribution in [0, 0.1) is 12.8 Å². The Bertz CT molecular complexity index is 881. The first-order chi connectivity index (χ1) is 14.0. The molecule has 0 spiro atoms. The second kappa shape index (κ2) is 9.89. The molecule has 1 aromatic carbocycles. The second-order valence-corrected chi connectivity index (χ2v) is 8.84. The summed E-state index contributed by atoms with van der Waals surface area (Å²) in [6, 6.07) is 8.94. The zero-order valence-electron chi connectivity index (χ0n) is 16.4. The zero-order chi connectivity index (χ0) is 20.8. The lowest BCUT2D eigenvalue weighted by atomic mass is 10.2. The lowest BCUT2D eigenvalue weighted by molar-refractivity contribution is -0.130. The number of thioether (sulfide) groups is 1. The van der Waals surface area contributed by atoms with Crippen molar-refractivity contribution in [3.05, 3.63) is 40.9 Å². The number of amides is 3. The predicted octanol–water partition coefficient (Wildman–Crippen LogP) is 2.53. The van der Waals surface area contributed by atoms with Gasteiger partial charge in [-0.25, -0.2) is 4.98 Å². The minimum atomic E-state index is -0.668. The van der Waals surface area contributed by atoms with Gasteiger partial charge >= 0.3 is 0 Å². The van der Waals surface area contributed by atoms with E-state index in [1.807, 2.05) is 36.6 Å². The number of aromatic nitrogens is 1. The van der Waals surface area contributed by atoms with E-state index >= 15 is 0 Å². The highest BCUT2D eigenvalue weighted by Crippen LogP contribution is 2.29. The van der Waals surface area contributed by atoms with Crippen LogP contribution in [0.5, 0.6) is 0 Å². The third-order valence-corrected chi connectivity index (χ3v) is 6.36. The maximum absolute atomic E-state index is 12.5. The Kier molecular flexibility index (Phi) is 7.27. The van der Waals surface area contributed by atoms with Crippen LogP contribution in [0.25, 0.3) is 10.6 Å². The number of nitrogens with one attached hydrogen (secondary N) is 3. The molecule has 1 heterocycles. The summed E-state index contributed by atoms with van der Waals surface area (Å²) >= 11 is 2.87. The number of nitrogens with zero attached hydrogens (tertiary/aromatic N) is 1. The van der Waals surface area contributed by atoms with Gasteiger partial charge in [-0.05, 0) is 38.2 Å². The maximum Gasteiger partial charge on any atom is 0.281 e. The third-order valence-electron chi connectivity index (χ3n) is 4.51. The minimum absolute atomic E-state index is 0.0189. The van der Waals surface area contributed by atoms with E-state index in [9.17, 15) is 14.4 Å². The minimum Gasteiger partial charge on any atom is -0.344 e. The van der Waals surface area contributed by atoms with E-state index in [-0.39, 0.29) is 11.8 Å². The van der Waals surface area contributed by atoms with Crippen molar-refractivity contribution in [2.45, 2.75) is 32.2 Å². The Labute approximate surface area is 178 Å². The van der Waals surface area contributed by atoms with E-state index < -0.39 is 17.9 Å². The molecule has 1 aliphatic rings. The van der Waals surface area contributed by atoms with Crippen LogP contribution in [0.15, 0.2) is 30.3 Å². The molecular formula is C20H24N4O3S2. The van der Waals surface area contributed by atoms with E-state index in [0.717, 1.165) is 29.2 Å². The first-order valence-corrected chi connectivity index (χ1v) is 11.6. The van der Waals surface area contributed by atoms with Gasteiger partial charge in [-0.3, -0.25) is 25.2 Å². The van der Waals surface area contributed by atoms with Crippen LogP contribution >= 0.6 is 23.1 Å². The summed E-state index contributed by atoms with van der Waals surface area (Å²) in [4.78, 5) is 42.0. The molecule has 1 fully saturated rings. The van der Waals surface area contributed by atoms with Crippen molar-refractivity contribution >= 4 is 40.8 Å². The van der Waals surface area contributed by atoms with Crippen molar-refractivity contribution in [3.63, 3.8) is 0 Å². The summed E-state index contributed by atoms with van der Waals surface area (Å²) < 4.78 is 0. The molecule has 0 aliphatic heterocycles. The number of hydrogen-bond acceptors (Lipinski definition) is 6. The zero-order valence-corrected chi connectivity index (χ0v) is 18.0. The van der Waals surface area contributed by atoms with Crippen molar-refractivity contribution in [2.24, 2.45) is 5.92 Å². The number of aryl methyl sites for hydroxylation is 1. The van der Waals surface area contributed by atoms with Gasteiger partial charge in [-0.15, -0.1) is 11.3 Å². The van der Waals surface area contributed by atoms with Crippen LogP contribution in [0.1, 0.15) is 34.6 Å². The summed E-state index contributed by atoms with van der Waals surface area (Å²) in [5.74, 6) is -0.195. The van der Waals surface area contributed by atoms with E-state index in [2.05, 4.69) is 21.2 Å². The smallest absolute Gasteiger partial charge is 0.281 e. The van der Waals surface area contributed by atoms with Gasteiger partial charge in [-0.1, -0.05) is 30.3 Å². The molecular weight excluding hydrogens is 408 g/mol. The second-order valence-electron chi connectivity index (χ2n) is 6.86. The number of thiazole rings is 1. The van der Waals surface area contributed by atoms with Gasteiger partial charge in [0.2, 0.25) is 5.91 Å². The van der Waals surface area contributed by atoms with Crippen molar-refractivity contribution in [2.75, 3.05) is 12.0 Å². The van der Waals surface area contributed by atoms with Crippen LogP contribution in [0.2, 0.25) is 0 Å². The monoisotopic (exact) mass is 432 g/mol. The van der Waals surface area contributed by atoms with Crippen LogP contribution in [0.4, 0.5) is 0 Å². The summed E-state index contributed by atoms with van der Waals surface area (Å²) in [7, 11) is 0. The highest BCUT2D eigenvalue weighted by atomic mass is 32.2. The lowest BCUT2D eigenvalue weighted by Gasteiger charge is -2.18. The van der Waals surface area contributed by atoms with E-state index in [4.69, 9.17) is 0 Å². The summed E-state index contributed by atoms with van der Waals surface area (Å²) in [6.45, 7) is 1.76. The van der Waals surface area contributed by atoms with E-state index in [1.54, 1.807) is 18.7 Å². The molecule has 1 aromatic heterocycles. The van der Waals surface area contributed by atoms with E-state index in [0.29, 0.717) is 17.0 Å². The van der Waals surface area contributed by atoms with Gasteiger partial charge in [0.15, 0.2) is 0 Å². The fourth-order valence-corrected chi connectivity index (χ4v) is 4.15. The third kappa shape index (κ3) is 5.80. The Morgan fingerprint density at radius 2 is 1.93 bits per heavy atom. The molecule has 2 aromatic rings. The van der Waals surface area contributed by atoms with Crippen molar-refractivity contribution in [1.82, 2.24) is 21.2 Å². The molecule has 1 saturated carbocycles. The molecule has 3 amide bonds. The predicted molar refractivity (Wildman–Crippen MR) is 116 cm³/mol. The first-order valence-electron chi connectivity index (χ1n) is 9.42. The Hall–Kier alpha value is -2.39. The van der Waals surface area contributed by atoms with Crippen LogP contribution in [0.3, 0.4) is 0 Å². The molecule has 0 bridgehead atoms. The lowest BCUT2D eigenvalue weighted by Crippen LogP contribution is -2.52. The van der Waals surface area contributed by atoms with Gasteiger partial charge in [0.1, 0.15) is 15.9 Å². The Balaban J connectivity index is 1.60. The fourth-order valence-electron chi connectivity index (χ4n) is 2.71. The Morgan fingerprint density at radius 3 is 2.59 bits per heavy atom. The molecule has 1 atom stereocenters. The highest BCUT2D eigenvalue weighted by molar-refractivity contribution is 7.98. The van der Waals surface area contributed by atoms with Gasteiger partial charge in [0.05, 0.1) is 5.69 Å². The van der Waals surface area contributed by atoms with Crippen molar-refractivity contribution in [1.29, 1.82) is 0 Å². The van der Waals surface area contributed by atoms with Crippen molar-refractivity contribution in [3.8, 4) is 10.6 Å². The largest absolute Gasteiger partial charge is 0.344 e. The number of carbonyl (C=O) groups is 3. The molecule has 0 unspecified atom stereocenters. The summed E-state index contributed by atoms with van der Waals surface area (Å²) in [5.41, 5.74) is 6.43. The molecule has 1 aliphatic carbocycles. The SMILES string of the molecule is CSCC[C@H](NC(=O)C1CC1)C(=O)NNC(=O)c1sc(-c2ccccc2)nc1C. The molecule has 0 radical (unpaired) electrons. The van der Waals surface area contributed by atoms with Crippen LogP contribution < -0.4 is 16.2 Å². The number of carbonyl (C=O) groups excluding carboxylic acids is 3. The average Bonchev–Trinajstić information content (AvgIpc) is 3.51. The topological polar surface area (TPSA) is 100 Å². The molecule has 154 valence electrons. The molecule has 7 nitrogen and oxygen atoms in total. The van der Waals surface area contributed by atoms with Crippen molar-refractivity contribution < 1.29 is 14.4 Å². The van der Waals surface area contributed by atoms with Crippen LogP contribution in [-0.4, -0.2) is 40.8 Å². The molecule has 0 saturated heterocycles. The Morgan fingerprint density at radius 1 is 1.21 bits per heavy atom. The number of hydrogen-bond donors (Lipinski definition) is 3. The molecule has 29 heavy (non-hydrogen) atoms. The standard InChI is InChI=1S/C20H24N4O3S2/c1-12-16(29-20(21-12)14-6-4-3-5-7-14)19(27)24-23-18(26)15(10-11-28-2)22-17(25)13-8-9-13/h3-7,13,15H,8-11H2,1-2H3,(H,22,25)(H,23,26)(H,24,27)/t15-/m0/s1. The molecule has 3 rings (SSSR count). The summed E-state index contributed by atoms with van der Waals surface area (Å²) in [5, 5.41) is 3.53. The van der Waals surface area contributed by atoms with Gasteiger partial charge < -0.3 is 5.32 Å². The highest BCUT2D eigenvalue weighted by Gasteiger charge is 2.32. The van der Waals surface area contributed by atoms with Gasteiger partial charge in [0, 0.05) is 11.5 Å².